The molecule has 0 aliphatic carbocycles. The Balaban J connectivity index is 1.48. The lowest BCUT2D eigenvalue weighted by molar-refractivity contribution is -0.224. The summed E-state index contributed by atoms with van der Waals surface area (Å²) >= 11 is 0. The van der Waals surface area contributed by atoms with Crippen molar-refractivity contribution < 1.29 is 28.8 Å². The van der Waals surface area contributed by atoms with Crippen molar-refractivity contribution in [3.8, 4) is 0 Å². The van der Waals surface area contributed by atoms with Crippen LogP contribution in [0.25, 0.3) is 0 Å². The SMILES string of the molecule is CC(C)CC(=O)OC1C[C@H]2OC(CCCOCc3ccccc3)(C1)O[C@H]2CO. The number of rotatable bonds is 10. The van der Waals surface area contributed by atoms with Crippen molar-refractivity contribution in [3.63, 3.8) is 0 Å². The van der Waals surface area contributed by atoms with E-state index in [0.717, 1.165) is 12.0 Å². The monoisotopic (exact) mass is 392 g/mol. The third kappa shape index (κ3) is 5.77. The van der Waals surface area contributed by atoms with Gasteiger partial charge in [0.25, 0.3) is 0 Å². The minimum atomic E-state index is -0.796. The van der Waals surface area contributed by atoms with Crippen LogP contribution in [-0.2, 0) is 30.3 Å². The molecule has 0 amide bonds. The minimum Gasteiger partial charge on any atom is -0.462 e. The maximum absolute atomic E-state index is 12.1. The molecule has 2 unspecified atom stereocenters. The summed E-state index contributed by atoms with van der Waals surface area (Å²) in [4.78, 5) is 12.1. The third-order valence-electron chi connectivity index (χ3n) is 5.19. The Morgan fingerprint density at radius 2 is 2.07 bits per heavy atom. The van der Waals surface area contributed by atoms with Crippen molar-refractivity contribution in [2.24, 2.45) is 5.92 Å². The molecule has 2 saturated heterocycles. The molecule has 0 spiro atoms. The fourth-order valence-electron chi connectivity index (χ4n) is 3.96. The Kier molecular flexibility index (Phi) is 7.46. The number of aliphatic hydroxyl groups is 1. The molecule has 28 heavy (non-hydrogen) atoms. The van der Waals surface area contributed by atoms with E-state index in [9.17, 15) is 9.90 Å². The van der Waals surface area contributed by atoms with Gasteiger partial charge in [-0.2, -0.15) is 0 Å². The zero-order valence-electron chi connectivity index (χ0n) is 16.8. The van der Waals surface area contributed by atoms with E-state index in [1.165, 1.54) is 0 Å². The van der Waals surface area contributed by atoms with E-state index < -0.39 is 5.79 Å². The van der Waals surface area contributed by atoms with Crippen LogP contribution in [0.3, 0.4) is 0 Å². The standard InChI is InChI=1S/C22H32O6/c1-16(2)11-21(24)26-18-12-19-20(14-23)28-22(13-18,27-19)9-6-10-25-15-17-7-4-3-5-8-17/h3-5,7-8,16,18-20,23H,6,9-15H2,1-2H3/t18?,19-,20+,22?/m1/s1. The summed E-state index contributed by atoms with van der Waals surface area (Å²) in [6.07, 6.45) is 2.07. The number of fused-ring (bicyclic) bond motifs is 2. The number of hydrogen-bond acceptors (Lipinski definition) is 6. The third-order valence-corrected chi connectivity index (χ3v) is 5.19. The van der Waals surface area contributed by atoms with E-state index in [0.29, 0.717) is 38.9 Å². The van der Waals surface area contributed by atoms with E-state index in [4.69, 9.17) is 18.9 Å². The Hall–Kier alpha value is -1.47. The van der Waals surface area contributed by atoms with Crippen LogP contribution in [0.4, 0.5) is 0 Å². The number of benzene rings is 1. The molecule has 0 aromatic heterocycles. The van der Waals surface area contributed by atoms with Crippen molar-refractivity contribution >= 4 is 5.97 Å². The molecule has 2 aliphatic heterocycles. The summed E-state index contributed by atoms with van der Waals surface area (Å²) in [6, 6.07) is 10.1. The van der Waals surface area contributed by atoms with Crippen LogP contribution in [0.1, 0.15) is 51.5 Å². The molecule has 1 aromatic rings. The quantitative estimate of drug-likeness (QED) is 0.487. The highest BCUT2D eigenvalue weighted by atomic mass is 16.8. The molecule has 2 heterocycles. The summed E-state index contributed by atoms with van der Waals surface area (Å²) in [5.41, 5.74) is 1.14. The van der Waals surface area contributed by atoms with Crippen molar-refractivity contribution in [3.05, 3.63) is 35.9 Å². The molecule has 1 N–H and O–H groups in total. The Morgan fingerprint density at radius 1 is 1.29 bits per heavy atom. The fourth-order valence-corrected chi connectivity index (χ4v) is 3.96. The van der Waals surface area contributed by atoms with Gasteiger partial charge >= 0.3 is 5.97 Å². The lowest BCUT2D eigenvalue weighted by atomic mass is 9.96. The molecule has 0 radical (unpaired) electrons. The molecule has 2 fully saturated rings. The summed E-state index contributed by atoms with van der Waals surface area (Å²) < 4.78 is 23.6. The van der Waals surface area contributed by atoms with Gasteiger partial charge in [0.05, 0.1) is 19.3 Å². The van der Waals surface area contributed by atoms with Crippen LogP contribution in [0.5, 0.6) is 0 Å². The van der Waals surface area contributed by atoms with Crippen molar-refractivity contribution in [2.45, 2.75) is 76.7 Å². The second-order valence-corrected chi connectivity index (χ2v) is 8.20. The molecule has 3 rings (SSSR count). The number of ether oxygens (including phenoxy) is 4. The summed E-state index contributed by atoms with van der Waals surface area (Å²) in [5, 5.41) is 9.61. The van der Waals surface area contributed by atoms with E-state index in [1.807, 2.05) is 44.2 Å². The van der Waals surface area contributed by atoms with Gasteiger partial charge in [-0.3, -0.25) is 4.79 Å². The van der Waals surface area contributed by atoms with Crippen LogP contribution >= 0.6 is 0 Å². The summed E-state index contributed by atoms with van der Waals surface area (Å²) in [6.45, 7) is 5.07. The summed E-state index contributed by atoms with van der Waals surface area (Å²) in [5.74, 6) is -0.709. The largest absolute Gasteiger partial charge is 0.462 e. The first-order valence-electron chi connectivity index (χ1n) is 10.3. The molecule has 156 valence electrons. The van der Waals surface area contributed by atoms with Gasteiger partial charge < -0.3 is 24.1 Å². The first kappa shape index (κ1) is 21.2. The Labute approximate surface area is 167 Å². The molecule has 0 saturated carbocycles. The zero-order valence-corrected chi connectivity index (χ0v) is 16.8. The second-order valence-electron chi connectivity index (χ2n) is 8.20. The van der Waals surface area contributed by atoms with Gasteiger partial charge in [0.2, 0.25) is 0 Å². The Morgan fingerprint density at radius 3 is 2.79 bits per heavy atom. The predicted molar refractivity (Wildman–Crippen MR) is 103 cm³/mol. The van der Waals surface area contributed by atoms with Gasteiger partial charge in [0, 0.05) is 32.3 Å². The van der Waals surface area contributed by atoms with E-state index in [1.54, 1.807) is 0 Å². The van der Waals surface area contributed by atoms with Crippen LogP contribution in [0, 0.1) is 5.92 Å². The van der Waals surface area contributed by atoms with Gasteiger partial charge in [-0.05, 0) is 17.9 Å². The molecule has 6 nitrogen and oxygen atoms in total. The fraction of sp³-hybridized carbons (Fsp3) is 0.682. The van der Waals surface area contributed by atoms with Crippen LogP contribution < -0.4 is 0 Å². The highest BCUT2D eigenvalue weighted by molar-refractivity contribution is 5.69. The Bertz CT molecular complexity index is 619. The first-order chi connectivity index (χ1) is 13.5. The number of carbonyl (C=O) groups excluding carboxylic acids is 1. The highest BCUT2D eigenvalue weighted by Gasteiger charge is 2.53. The number of esters is 1. The first-order valence-corrected chi connectivity index (χ1v) is 10.3. The molecule has 4 atom stereocenters. The van der Waals surface area contributed by atoms with Crippen LogP contribution in [0.2, 0.25) is 0 Å². The molecule has 1 aromatic carbocycles. The van der Waals surface area contributed by atoms with E-state index >= 15 is 0 Å². The average molecular weight is 392 g/mol. The maximum Gasteiger partial charge on any atom is 0.306 e. The molecule has 2 aliphatic rings. The summed E-state index contributed by atoms with van der Waals surface area (Å²) in [7, 11) is 0. The van der Waals surface area contributed by atoms with Gasteiger partial charge in [-0.1, -0.05) is 44.2 Å². The maximum atomic E-state index is 12.1. The smallest absolute Gasteiger partial charge is 0.306 e. The van der Waals surface area contributed by atoms with E-state index in [-0.39, 0.29) is 36.8 Å². The van der Waals surface area contributed by atoms with Gasteiger partial charge in [-0.25, -0.2) is 0 Å². The number of carbonyl (C=O) groups is 1. The molecular formula is C22H32O6. The number of hydrogen-bond donors (Lipinski definition) is 1. The zero-order chi connectivity index (χ0) is 20.0. The highest BCUT2D eigenvalue weighted by Crippen LogP contribution is 2.43. The van der Waals surface area contributed by atoms with Crippen molar-refractivity contribution in [2.75, 3.05) is 13.2 Å². The molecule has 2 bridgehead atoms. The van der Waals surface area contributed by atoms with E-state index in [2.05, 4.69) is 0 Å². The van der Waals surface area contributed by atoms with Crippen LogP contribution in [-0.4, -0.2) is 48.4 Å². The van der Waals surface area contributed by atoms with Crippen LogP contribution in [0.15, 0.2) is 30.3 Å². The van der Waals surface area contributed by atoms with Gasteiger partial charge in [0.15, 0.2) is 5.79 Å². The number of aliphatic hydroxyl groups excluding tert-OH is 1. The lowest BCUT2D eigenvalue weighted by Gasteiger charge is -2.36. The van der Waals surface area contributed by atoms with Gasteiger partial charge in [0.1, 0.15) is 12.2 Å². The predicted octanol–water partition coefficient (Wildman–Crippen LogP) is 3.21. The average Bonchev–Trinajstić information content (AvgIpc) is 2.91. The topological polar surface area (TPSA) is 74.2 Å². The minimum absolute atomic E-state index is 0.0937. The lowest BCUT2D eigenvalue weighted by Crippen LogP contribution is -2.42. The molecule has 6 heteroatoms. The normalized spacial score (nSPS) is 29.2. The van der Waals surface area contributed by atoms with Crippen molar-refractivity contribution in [1.82, 2.24) is 0 Å². The molecular weight excluding hydrogens is 360 g/mol. The van der Waals surface area contributed by atoms with Gasteiger partial charge in [-0.15, -0.1) is 0 Å². The second kappa shape index (κ2) is 9.83. The van der Waals surface area contributed by atoms with Crippen molar-refractivity contribution in [1.29, 1.82) is 0 Å².